The van der Waals surface area contributed by atoms with Gasteiger partial charge >= 0.3 is 5.97 Å². The van der Waals surface area contributed by atoms with E-state index in [-0.39, 0.29) is 0 Å². The fraction of sp³-hybridized carbons (Fsp3) is 0.619. The highest BCUT2D eigenvalue weighted by Gasteiger charge is 2.26. The van der Waals surface area contributed by atoms with Crippen LogP contribution in [-0.2, 0) is 11.2 Å². The largest absolute Gasteiger partial charge is 0.478 e. The SMILES string of the molecule is O=C(O)c1ccccc1CC1CCN(C(=O)CC2CCCCC2)CC1. The number of benzene rings is 1. The average molecular weight is 343 g/mol. The molecule has 4 heteroatoms. The molecule has 25 heavy (non-hydrogen) atoms. The summed E-state index contributed by atoms with van der Waals surface area (Å²) in [5.41, 5.74) is 1.33. The molecule has 0 unspecified atom stereocenters. The van der Waals surface area contributed by atoms with Crippen molar-refractivity contribution >= 4 is 11.9 Å². The number of amides is 1. The Morgan fingerprint density at radius 3 is 2.32 bits per heavy atom. The second kappa shape index (κ2) is 8.50. The number of carboxylic acids is 1. The van der Waals surface area contributed by atoms with Gasteiger partial charge in [0.2, 0.25) is 5.91 Å². The van der Waals surface area contributed by atoms with Crippen molar-refractivity contribution in [1.82, 2.24) is 4.90 Å². The zero-order valence-electron chi connectivity index (χ0n) is 15.0. The van der Waals surface area contributed by atoms with Crippen LogP contribution in [0.3, 0.4) is 0 Å². The quantitative estimate of drug-likeness (QED) is 0.874. The number of piperidine rings is 1. The first-order valence-corrected chi connectivity index (χ1v) is 9.72. The molecule has 0 bridgehead atoms. The fourth-order valence-corrected chi connectivity index (χ4v) is 4.37. The number of carbonyl (C=O) groups excluding carboxylic acids is 1. The fourth-order valence-electron chi connectivity index (χ4n) is 4.37. The summed E-state index contributed by atoms with van der Waals surface area (Å²) in [5.74, 6) is 0.549. The molecule has 3 rings (SSSR count). The molecule has 2 aliphatic rings. The summed E-state index contributed by atoms with van der Waals surface area (Å²) >= 11 is 0. The molecule has 4 nitrogen and oxygen atoms in total. The highest BCUT2D eigenvalue weighted by molar-refractivity contribution is 5.89. The lowest BCUT2D eigenvalue weighted by Crippen LogP contribution is -2.39. The molecule has 0 atom stereocenters. The Hall–Kier alpha value is -1.84. The lowest BCUT2D eigenvalue weighted by molar-refractivity contribution is -0.133. The van der Waals surface area contributed by atoms with Crippen LogP contribution >= 0.6 is 0 Å². The highest BCUT2D eigenvalue weighted by Crippen LogP contribution is 2.28. The Balaban J connectivity index is 1.48. The van der Waals surface area contributed by atoms with Crippen LogP contribution in [0.15, 0.2) is 24.3 Å². The molecule has 1 aromatic rings. The van der Waals surface area contributed by atoms with E-state index in [0.29, 0.717) is 23.3 Å². The van der Waals surface area contributed by atoms with E-state index in [1.165, 1.54) is 32.1 Å². The van der Waals surface area contributed by atoms with Gasteiger partial charge in [0.25, 0.3) is 0 Å². The number of aromatic carboxylic acids is 1. The zero-order valence-corrected chi connectivity index (χ0v) is 15.0. The Bertz CT molecular complexity index is 599. The van der Waals surface area contributed by atoms with Crippen LogP contribution in [0.4, 0.5) is 0 Å². The molecule has 0 aromatic heterocycles. The van der Waals surface area contributed by atoms with Gasteiger partial charge < -0.3 is 10.0 Å². The molecule has 1 saturated carbocycles. The summed E-state index contributed by atoms with van der Waals surface area (Å²) in [6.07, 6.45) is 9.80. The van der Waals surface area contributed by atoms with E-state index in [2.05, 4.69) is 0 Å². The van der Waals surface area contributed by atoms with Gasteiger partial charge in [-0.3, -0.25) is 4.79 Å². The van der Waals surface area contributed by atoms with Crippen molar-refractivity contribution < 1.29 is 14.7 Å². The van der Waals surface area contributed by atoms with Crippen LogP contribution < -0.4 is 0 Å². The van der Waals surface area contributed by atoms with E-state index >= 15 is 0 Å². The van der Waals surface area contributed by atoms with E-state index < -0.39 is 5.97 Å². The molecule has 2 fully saturated rings. The number of nitrogens with zero attached hydrogens (tertiary/aromatic N) is 1. The summed E-state index contributed by atoms with van der Waals surface area (Å²) in [4.78, 5) is 25.9. The van der Waals surface area contributed by atoms with Gasteiger partial charge in [0.05, 0.1) is 5.56 Å². The summed E-state index contributed by atoms with van der Waals surface area (Å²) in [6.45, 7) is 1.65. The molecule has 0 spiro atoms. The molecule has 1 aliphatic carbocycles. The van der Waals surface area contributed by atoms with Gasteiger partial charge in [-0.25, -0.2) is 4.79 Å². The van der Waals surface area contributed by atoms with Crippen molar-refractivity contribution in [3.8, 4) is 0 Å². The lowest BCUT2D eigenvalue weighted by atomic mass is 9.85. The van der Waals surface area contributed by atoms with E-state index in [1.807, 2.05) is 17.0 Å². The second-order valence-corrected chi connectivity index (χ2v) is 7.70. The minimum absolute atomic E-state index is 0.330. The van der Waals surface area contributed by atoms with E-state index in [9.17, 15) is 14.7 Å². The van der Waals surface area contributed by atoms with E-state index in [0.717, 1.165) is 44.3 Å². The third-order valence-electron chi connectivity index (χ3n) is 5.91. The molecule has 0 radical (unpaired) electrons. The van der Waals surface area contributed by atoms with E-state index in [4.69, 9.17) is 0 Å². The summed E-state index contributed by atoms with van der Waals surface area (Å²) in [6, 6.07) is 7.29. The van der Waals surface area contributed by atoms with Gasteiger partial charge in [-0.1, -0.05) is 37.5 Å². The number of rotatable bonds is 5. The van der Waals surface area contributed by atoms with Gasteiger partial charge in [0.15, 0.2) is 0 Å². The van der Waals surface area contributed by atoms with Crippen LogP contribution in [0.25, 0.3) is 0 Å². The van der Waals surface area contributed by atoms with Crippen molar-refractivity contribution in [2.75, 3.05) is 13.1 Å². The minimum Gasteiger partial charge on any atom is -0.478 e. The number of carbonyl (C=O) groups is 2. The monoisotopic (exact) mass is 343 g/mol. The predicted octanol–water partition coefficient (Wildman–Crippen LogP) is 4.14. The standard InChI is InChI=1S/C21H29NO3/c23-20(15-16-6-2-1-3-7-16)22-12-10-17(11-13-22)14-18-8-4-5-9-19(18)21(24)25/h4-5,8-9,16-17H,1-3,6-7,10-15H2,(H,24,25). The zero-order chi connectivity index (χ0) is 17.6. The number of likely N-dealkylation sites (tertiary alicyclic amines) is 1. The molecule has 1 aliphatic heterocycles. The summed E-state index contributed by atoms with van der Waals surface area (Å²) in [7, 11) is 0. The van der Waals surface area contributed by atoms with Crippen LogP contribution in [-0.4, -0.2) is 35.0 Å². The van der Waals surface area contributed by atoms with Gasteiger partial charge in [-0.2, -0.15) is 0 Å². The lowest BCUT2D eigenvalue weighted by Gasteiger charge is -2.33. The van der Waals surface area contributed by atoms with Crippen LogP contribution in [0.5, 0.6) is 0 Å². The van der Waals surface area contributed by atoms with Crippen LogP contribution in [0.1, 0.15) is 67.3 Å². The predicted molar refractivity (Wildman–Crippen MR) is 97.6 cm³/mol. The number of hydrogen-bond acceptors (Lipinski definition) is 2. The molecule has 1 saturated heterocycles. The molecular formula is C21H29NO3. The van der Waals surface area contributed by atoms with Crippen LogP contribution in [0.2, 0.25) is 0 Å². The number of carboxylic acid groups (broad SMARTS) is 1. The normalized spacial score (nSPS) is 19.8. The van der Waals surface area contributed by atoms with Gasteiger partial charge in [0, 0.05) is 19.5 Å². The Morgan fingerprint density at radius 1 is 0.960 bits per heavy atom. The average Bonchev–Trinajstić information content (AvgIpc) is 2.63. The van der Waals surface area contributed by atoms with Crippen molar-refractivity contribution in [3.63, 3.8) is 0 Å². The van der Waals surface area contributed by atoms with E-state index in [1.54, 1.807) is 12.1 Å². The molecule has 1 N–H and O–H groups in total. The minimum atomic E-state index is -0.851. The molecule has 136 valence electrons. The van der Waals surface area contributed by atoms with Crippen molar-refractivity contribution in [1.29, 1.82) is 0 Å². The molecule has 1 aromatic carbocycles. The molecule has 1 heterocycles. The third kappa shape index (κ3) is 4.83. The van der Waals surface area contributed by atoms with Crippen molar-refractivity contribution in [2.24, 2.45) is 11.8 Å². The maximum absolute atomic E-state index is 12.5. The van der Waals surface area contributed by atoms with Gasteiger partial charge in [-0.05, 0) is 55.6 Å². The first kappa shape index (κ1) is 18.0. The molecular weight excluding hydrogens is 314 g/mol. The first-order valence-electron chi connectivity index (χ1n) is 9.72. The first-order chi connectivity index (χ1) is 12.1. The van der Waals surface area contributed by atoms with Crippen molar-refractivity contribution in [3.05, 3.63) is 35.4 Å². The smallest absolute Gasteiger partial charge is 0.335 e. The summed E-state index contributed by atoms with van der Waals surface area (Å²) < 4.78 is 0. The number of hydrogen-bond donors (Lipinski definition) is 1. The van der Waals surface area contributed by atoms with Crippen LogP contribution in [0, 0.1) is 11.8 Å². The van der Waals surface area contributed by atoms with Gasteiger partial charge in [0.1, 0.15) is 0 Å². The maximum atomic E-state index is 12.5. The topological polar surface area (TPSA) is 57.6 Å². The Kier molecular flexibility index (Phi) is 6.11. The Morgan fingerprint density at radius 2 is 1.64 bits per heavy atom. The second-order valence-electron chi connectivity index (χ2n) is 7.70. The molecule has 1 amide bonds. The third-order valence-corrected chi connectivity index (χ3v) is 5.91. The Labute approximate surface area is 150 Å². The van der Waals surface area contributed by atoms with Gasteiger partial charge in [-0.15, -0.1) is 0 Å². The van der Waals surface area contributed by atoms with Crippen molar-refractivity contribution in [2.45, 2.75) is 57.8 Å². The highest BCUT2D eigenvalue weighted by atomic mass is 16.4. The summed E-state index contributed by atoms with van der Waals surface area (Å²) in [5, 5.41) is 9.31. The maximum Gasteiger partial charge on any atom is 0.335 e.